The first-order chi connectivity index (χ1) is 23.3. The molecule has 1 saturated carbocycles. The lowest BCUT2D eigenvalue weighted by atomic mass is 10.0. The van der Waals surface area contributed by atoms with Gasteiger partial charge < -0.3 is 33.1 Å². The molecule has 18 heteroatoms. The molecule has 1 aliphatic carbocycles. The van der Waals surface area contributed by atoms with Crippen molar-refractivity contribution in [1.82, 2.24) is 4.90 Å². The quantitative estimate of drug-likeness (QED) is 0.0774. The Kier molecular flexibility index (Phi) is 14.0. The van der Waals surface area contributed by atoms with Crippen LogP contribution in [0.5, 0.6) is 23.0 Å². The Balaban J connectivity index is 0.00000562. The van der Waals surface area contributed by atoms with Gasteiger partial charge in [0.1, 0.15) is 22.8 Å². The number of carbonyl (C=O) groups is 1. The number of halogens is 5. The van der Waals surface area contributed by atoms with Crippen molar-refractivity contribution in [3.05, 3.63) is 80.7 Å². The maximum Gasteiger partial charge on any atom is 0.387 e. The summed E-state index contributed by atoms with van der Waals surface area (Å²) in [5, 5.41) is 11.9. The molecule has 0 N–H and O–H groups in total. The van der Waals surface area contributed by atoms with Crippen LogP contribution >= 0.6 is 35.6 Å². The molecule has 0 bridgehead atoms. The van der Waals surface area contributed by atoms with Crippen LogP contribution < -0.4 is 23.1 Å². The van der Waals surface area contributed by atoms with Crippen LogP contribution in [0.3, 0.4) is 0 Å². The van der Waals surface area contributed by atoms with Gasteiger partial charge in [-0.1, -0.05) is 29.3 Å². The number of rotatable bonds is 16. The van der Waals surface area contributed by atoms with Crippen molar-refractivity contribution < 1.29 is 54.6 Å². The van der Waals surface area contributed by atoms with Gasteiger partial charge in [0.05, 0.1) is 31.6 Å². The second-order valence-corrected chi connectivity index (χ2v) is 13.9. The fraction of sp³-hybridized carbons (Fsp3) is 0.438. The van der Waals surface area contributed by atoms with E-state index in [1.54, 1.807) is 0 Å². The van der Waals surface area contributed by atoms with Crippen LogP contribution in [0.25, 0.3) is 0 Å². The first kappa shape index (κ1) is 39.4. The molecular weight excluding hydrogens is 749 g/mol. The number of ether oxygens (including phenoxy) is 5. The first-order valence-corrected chi connectivity index (χ1v) is 17.9. The molecule has 1 atom stereocenters. The largest absolute Gasteiger partial charge is 0.619 e. The third kappa shape index (κ3) is 11.6. The van der Waals surface area contributed by atoms with Crippen molar-refractivity contribution in [2.75, 3.05) is 52.3 Å². The lowest BCUT2D eigenvalue weighted by Gasteiger charge is -2.26. The van der Waals surface area contributed by atoms with Crippen LogP contribution in [0.4, 0.5) is 8.78 Å². The van der Waals surface area contributed by atoms with Crippen molar-refractivity contribution in [3.8, 4) is 23.0 Å². The van der Waals surface area contributed by atoms with Crippen molar-refractivity contribution in [3.63, 3.8) is 0 Å². The Morgan fingerprint density at radius 1 is 1.02 bits per heavy atom. The molecule has 0 amide bonds. The zero-order valence-corrected chi connectivity index (χ0v) is 29.9. The molecule has 1 aliphatic heterocycles. The number of carbonyl (C=O) groups excluding carboxylic acids is 1. The van der Waals surface area contributed by atoms with Gasteiger partial charge in [0.25, 0.3) is 0 Å². The smallest absolute Gasteiger partial charge is 0.387 e. The van der Waals surface area contributed by atoms with Crippen molar-refractivity contribution in [2.45, 2.75) is 32.0 Å². The molecule has 0 radical (unpaired) electrons. The van der Waals surface area contributed by atoms with Crippen molar-refractivity contribution in [1.29, 1.82) is 0 Å². The van der Waals surface area contributed by atoms with E-state index in [0.717, 1.165) is 44.6 Å². The van der Waals surface area contributed by atoms with Crippen molar-refractivity contribution >= 4 is 51.7 Å². The number of hydrogen-bond donors (Lipinski definition) is 0. The van der Waals surface area contributed by atoms with Crippen LogP contribution in [0.2, 0.25) is 10.0 Å². The number of aromatic nitrogens is 1. The second-order valence-electron chi connectivity index (χ2n) is 11.5. The standard InChI is InChI=1S/C32H34Cl2F2N2O10S.ClH/c1-49(41,42)48-30-15-22(5-6-26(30)44-13-10-37-8-11-43-12-9-37)31(39)46-28(16-23-24(33)17-38(40)18-25(23)34)21-4-7-27(47-32(35)36)29(14-21)45-19-20-2-3-20;/h4-7,14-15,17-18,20,28,32H,2-3,8-13,16,19H2,1H3;1H. The highest BCUT2D eigenvalue weighted by Crippen LogP contribution is 2.38. The number of benzene rings is 2. The molecule has 274 valence electrons. The molecule has 12 nitrogen and oxygen atoms in total. The summed E-state index contributed by atoms with van der Waals surface area (Å²) in [5.74, 6) is -0.956. The third-order valence-corrected chi connectivity index (χ3v) is 8.75. The molecule has 1 aromatic heterocycles. The normalized spacial score (nSPS) is 15.6. The molecule has 2 fully saturated rings. The van der Waals surface area contributed by atoms with E-state index in [-0.39, 0.29) is 82.1 Å². The maximum atomic E-state index is 13.7. The lowest BCUT2D eigenvalue weighted by molar-refractivity contribution is -0.605. The highest BCUT2D eigenvalue weighted by atomic mass is 35.5. The Morgan fingerprint density at radius 3 is 2.34 bits per heavy atom. The summed E-state index contributed by atoms with van der Waals surface area (Å²) in [5.41, 5.74) is 0.490. The maximum absolute atomic E-state index is 13.7. The summed E-state index contributed by atoms with van der Waals surface area (Å²) < 4.78 is 83.7. The zero-order valence-electron chi connectivity index (χ0n) is 26.7. The summed E-state index contributed by atoms with van der Waals surface area (Å²) >= 11 is 12.7. The minimum Gasteiger partial charge on any atom is -0.619 e. The van der Waals surface area contributed by atoms with Crippen LogP contribution in [-0.2, 0) is 26.0 Å². The summed E-state index contributed by atoms with van der Waals surface area (Å²) in [7, 11) is -4.03. The Bertz CT molecular complexity index is 1720. The van der Waals surface area contributed by atoms with E-state index in [4.69, 9.17) is 46.3 Å². The van der Waals surface area contributed by atoms with Crippen LogP contribution in [0.1, 0.15) is 40.4 Å². The second kappa shape index (κ2) is 17.7. The summed E-state index contributed by atoms with van der Waals surface area (Å²) in [6, 6.07) is 8.05. The van der Waals surface area contributed by atoms with Gasteiger partial charge in [0, 0.05) is 37.7 Å². The van der Waals surface area contributed by atoms with Gasteiger partial charge in [-0.25, -0.2) is 4.79 Å². The third-order valence-electron chi connectivity index (χ3n) is 7.61. The molecule has 1 unspecified atom stereocenters. The number of esters is 1. The average molecular weight is 784 g/mol. The Labute approximate surface area is 304 Å². The lowest BCUT2D eigenvalue weighted by Crippen LogP contribution is -2.38. The predicted molar refractivity (Wildman–Crippen MR) is 180 cm³/mol. The predicted octanol–water partition coefficient (Wildman–Crippen LogP) is 5.63. The molecule has 5 rings (SSSR count). The van der Waals surface area contributed by atoms with E-state index in [1.165, 1.54) is 36.4 Å². The SMILES string of the molecule is CS(=O)(=O)Oc1cc(C(=O)OC(Cc2c(Cl)c[n+]([O-])cc2Cl)c2ccc(OC(F)F)c(OCC3CC3)c2)ccc1OCCN1CCOCC1.Cl. The number of hydrogen-bond acceptors (Lipinski definition) is 11. The summed E-state index contributed by atoms with van der Waals surface area (Å²) in [4.78, 5) is 15.8. The van der Waals surface area contributed by atoms with E-state index in [0.29, 0.717) is 30.1 Å². The molecule has 50 heavy (non-hydrogen) atoms. The molecule has 3 aromatic rings. The Hall–Kier alpha value is -3.34. The Morgan fingerprint density at radius 2 is 1.70 bits per heavy atom. The van der Waals surface area contributed by atoms with E-state index in [1.807, 2.05) is 0 Å². The molecule has 2 aromatic carbocycles. The van der Waals surface area contributed by atoms with E-state index < -0.39 is 28.8 Å². The molecule has 2 heterocycles. The van der Waals surface area contributed by atoms with Crippen molar-refractivity contribution in [2.24, 2.45) is 5.92 Å². The van der Waals surface area contributed by atoms with E-state index in [2.05, 4.69) is 9.64 Å². The van der Waals surface area contributed by atoms with Gasteiger partial charge >= 0.3 is 22.7 Å². The van der Waals surface area contributed by atoms with E-state index in [9.17, 15) is 27.2 Å². The molecule has 2 aliphatic rings. The fourth-order valence-electron chi connectivity index (χ4n) is 4.95. The number of nitrogens with zero attached hydrogens (tertiary/aromatic N) is 2. The van der Waals surface area contributed by atoms with Gasteiger partial charge in [-0.3, -0.25) is 4.90 Å². The van der Waals surface area contributed by atoms with E-state index >= 15 is 0 Å². The van der Waals surface area contributed by atoms with Gasteiger partial charge in [-0.15, -0.1) is 12.4 Å². The fourth-order valence-corrected chi connectivity index (χ4v) is 6.01. The monoisotopic (exact) mass is 782 g/mol. The average Bonchev–Trinajstić information content (AvgIpc) is 3.86. The highest BCUT2D eigenvalue weighted by Gasteiger charge is 2.27. The first-order valence-electron chi connectivity index (χ1n) is 15.3. The number of alkyl halides is 2. The highest BCUT2D eigenvalue weighted by molar-refractivity contribution is 7.86. The van der Waals surface area contributed by atoms with Crippen LogP contribution in [-0.4, -0.2) is 78.2 Å². The minimum atomic E-state index is -4.03. The molecule has 0 spiro atoms. The van der Waals surface area contributed by atoms with Gasteiger partial charge in [-0.05, 0) is 48.6 Å². The molecular formula is C32H35Cl3F2N2O10S. The topological polar surface area (TPSA) is 137 Å². The van der Waals surface area contributed by atoms with Gasteiger partial charge in [0.2, 0.25) is 0 Å². The minimum absolute atomic E-state index is 0. The summed E-state index contributed by atoms with van der Waals surface area (Å²) in [6.07, 6.45) is 3.61. The molecule has 1 saturated heterocycles. The number of morpholine rings is 1. The van der Waals surface area contributed by atoms with Crippen LogP contribution in [0, 0.1) is 11.1 Å². The van der Waals surface area contributed by atoms with Gasteiger partial charge in [0.15, 0.2) is 35.4 Å². The number of pyridine rings is 1. The van der Waals surface area contributed by atoms with Gasteiger partial charge in [-0.2, -0.15) is 21.9 Å². The zero-order chi connectivity index (χ0) is 35.1. The van der Waals surface area contributed by atoms with Crippen LogP contribution in [0.15, 0.2) is 48.8 Å². The summed E-state index contributed by atoms with van der Waals surface area (Å²) in [6.45, 7) is 0.592.